The van der Waals surface area contributed by atoms with Gasteiger partial charge in [0.1, 0.15) is 18.3 Å². The second-order valence-electron chi connectivity index (χ2n) is 9.94. The van der Waals surface area contributed by atoms with Gasteiger partial charge >= 0.3 is 0 Å². The molecule has 214 valence electrons. The van der Waals surface area contributed by atoms with E-state index in [1.165, 1.54) is 12.0 Å². The van der Waals surface area contributed by atoms with Crippen molar-refractivity contribution in [2.75, 3.05) is 24.2 Å². The van der Waals surface area contributed by atoms with E-state index in [2.05, 4.69) is 5.32 Å². The fourth-order valence-corrected chi connectivity index (χ4v) is 5.19. The monoisotopic (exact) mass is 565 g/mol. The molecule has 0 unspecified atom stereocenters. The molecule has 2 atom stereocenters. The highest BCUT2D eigenvalue weighted by molar-refractivity contribution is 7.92. The summed E-state index contributed by atoms with van der Waals surface area (Å²) in [6, 6.07) is 22.8. The van der Waals surface area contributed by atoms with Crippen molar-refractivity contribution < 1.29 is 22.7 Å². The lowest BCUT2D eigenvalue weighted by molar-refractivity contribution is -0.140. The Kier molecular flexibility index (Phi) is 10.7. The van der Waals surface area contributed by atoms with Crippen LogP contribution in [0.15, 0.2) is 78.9 Å². The van der Waals surface area contributed by atoms with Gasteiger partial charge in [-0.15, -0.1) is 0 Å². The molecule has 0 aliphatic rings. The maximum atomic E-state index is 14.1. The number of ether oxygens (including phenoxy) is 1. The normalized spacial score (nSPS) is 12.7. The van der Waals surface area contributed by atoms with Crippen molar-refractivity contribution in [3.63, 3.8) is 0 Å². The first-order valence-corrected chi connectivity index (χ1v) is 15.2. The summed E-state index contributed by atoms with van der Waals surface area (Å²) in [6.45, 7) is 5.51. The van der Waals surface area contributed by atoms with Crippen molar-refractivity contribution >= 4 is 27.5 Å². The van der Waals surface area contributed by atoms with Gasteiger partial charge < -0.3 is 15.0 Å². The predicted octanol–water partition coefficient (Wildman–Crippen LogP) is 4.32. The molecule has 0 bridgehead atoms. The van der Waals surface area contributed by atoms with Crippen LogP contribution in [0.2, 0.25) is 0 Å². The van der Waals surface area contributed by atoms with Crippen LogP contribution in [0.1, 0.15) is 37.0 Å². The maximum Gasteiger partial charge on any atom is 0.244 e. The molecule has 0 fully saturated rings. The summed E-state index contributed by atoms with van der Waals surface area (Å²) >= 11 is 0. The number of anilines is 1. The fourth-order valence-electron chi connectivity index (χ4n) is 4.35. The van der Waals surface area contributed by atoms with Gasteiger partial charge in [-0.1, -0.05) is 67.6 Å². The van der Waals surface area contributed by atoms with Crippen molar-refractivity contribution in [2.24, 2.45) is 0 Å². The Hall–Kier alpha value is -3.85. The lowest BCUT2D eigenvalue weighted by atomic mass is 10.0. The molecule has 0 aliphatic carbocycles. The number of benzene rings is 3. The number of carbonyl (C=O) groups is 2. The van der Waals surface area contributed by atoms with Crippen LogP contribution in [0.4, 0.5) is 5.69 Å². The molecular formula is C31H39N3O5S. The highest BCUT2D eigenvalue weighted by Crippen LogP contribution is 2.24. The third-order valence-corrected chi connectivity index (χ3v) is 8.04. The van der Waals surface area contributed by atoms with E-state index in [1.807, 2.05) is 75.4 Å². The van der Waals surface area contributed by atoms with Crippen LogP contribution in [-0.2, 0) is 32.6 Å². The number of nitrogens with one attached hydrogen (secondary N) is 1. The summed E-state index contributed by atoms with van der Waals surface area (Å²) < 4.78 is 32.2. The number of rotatable bonds is 13. The minimum absolute atomic E-state index is 0.0921. The molecule has 2 amide bonds. The lowest BCUT2D eigenvalue weighted by Gasteiger charge is -2.34. The van der Waals surface area contributed by atoms with Gasteiger partial charge in [-0.25, -0.2) is 8.42 Å². The van der Waals surface area contributed by atoms with Gasteiger partial charge in [0.25, 0.3) is 0 Å². The van der Waals surface area contributed by atoms with Crippen LogP contribution in [-0.4, -0.2) is 57.1 Å². The summed E-state index contributed by atoms with van der Waals surface area (Å²) in [5, 5.41) is 3.03. The minimum atomic E-state index is -3.85. The van der Waals surface area contributed by atoms with E-state index in [-0.39, 0.29) is 24.9 Å². The average Bonchev–Trinajstić information content (AvgIpc) is 2.94. The van der Waals surface area contributed by atoms with Crippen molar-refractivity contribution in [3.8, 4) is 5.75 Å². The van der Waals surface area contributed by atoms with E-state index in [9.17, 15) is 18.0 Å². The summed E-state index contributed by atoms with van der Waals surface area (Å²) in [4.78, 5) is 29.4. The van der Waals surface area contributed by atoms with Gasteiger partial charge in [-0.3, -0.25) is 13.9 Å². The summed E-state index contributed by atoms with van der Waals surface area (Å²) in [5.41, 5.74) is 3.03. The molecule has 40 heavy (non-hydrogen) atoms. The number of sulfonamides is 1. The highest BCUT2D eigenvalue weighted by atomic mass is 32.2. The highest BCUT2D eigenvalue weighted by Gasteiger charge is 2.33. The number of methoxy groups -OCH3 is 1. The quantitative estimate of drug-likeness (QED) is 0.333. The Morgan fingerprint density at radius 3 is 2.27 bits per heavy atom. The Morgan fingerprint density at radius 2 is 1.65 bits per heavy atom. The molecule has 0 aromatic heterocycles. The van der Waals surface area contributed by atoms with Crippen molar-refractivity contribution in [1.82, 2.24) is 10.2 Å². The molecule has 8 nitrogen and oxygen atoms in total. The average molecular weight is 566 g/mol. The van der Waals surface area contributed by atoms with Gasteiger partial charge in [-0.05, 0) is 49.1 Å². The molecule has 3 aromatic carbocycles. The number of nitrogens with zero attached hydrogens (tertiary/aromatic N) is 2. The standard InChI is InChI=1S/C31H39N3O5S/c1-6-24(3)32-31(36)29(19-25-14-8-7-9-15-25)33(21-26-16-11-10-13-23(26)2)30(35)22-34(40(5,37)38)27-17-12-18-28(20-27)39-4/h7-18,20,24,29H,6,19,21-22H2,1-5H3,(H,32,36)/t24-,29-/m0/s1. The smallest absolute Gasteiger partial charge is 0.244 e. The Bertz CT molecular complexity index is 1390. The van der Waals surface area contributed by atoms with Crippen LogP contribution in [0.25, 0.3) is 0 Å². The van der Waals surface area contributed by atoms with Crippen molar-refractivity contribution in [3.05, 3.63) is 95.6 Å². The molecule has 3 rings (SSSR count). The van der Waals surface area contributed by atoms with Crippen LogP contribution in [0, 0.1) is 6.92 Å². The first kappa shape index (κ1) is 30.7. The van der Waals surface area contributed by atoms with Gasteiger partial charge in [0.05, 0.1) is 19.1 Å². The molecule has 0 aliphatic heterocycles. The molecule has 0 saturated heterocycles. The van der Waals surface area contributed by atoms with E-state index in [0.717, 1.165) is 33.7 Å². The lowest BCUT2D eigenvalue weighted by Crippen LogP contribution is -2.54. The molecule has 0 spiro atoms. The van der Waals surface area contributed by atoms with Crippen molar-refractivity contribution in [1.29, 1.82) is 0 Å². The first-order chi connectivity index (χ1) is 19.0. The topological polar surface area (TPSA) is 96.0 Å². The molecule has 0 radical (unpaired) electrons. The third kappa shape index (κ3) is 8.32. The third-order valence-electron chi connectivity index (χ3n) is 6.89. The number of aryl methyl sites for hydroxylation is 1. The first-order valence-electron chi connectivity index (χ1n) is 13.3. The van der Waals surface area contributed by atoms with Crippen molar-refractivity contribution in [2.45, 2.75) is 52.2 Å². The Balaban J connectivity index is 2.07. The van der Waals surface area contributed by atoms with E-state index < -0.39 is 28.5 Å². The molecule has 3 aromatic rings. The zero-order chi connectivity index (χ0) is 29.3. The van der Waals surface area contributed by atoms with Gasteiger partial charge in [0.15, 0.2) is 0 Å². The number of carbonyl (C=O) groups excluding carboxylic acids is 2. The second-order valence-corrected chi connectivity index (χ2v) is 11.8. The van der Waals surface area contributed by atoms with E-state index in [0.29, 0.717) is 11.4 Å². The second kappa shape index (κ2) is 14.0. The SMILES string of the molecule is CC[C@H](C)NC(=O)[C@H](Cc1ccccc1)N(Cc1ccccc1C)C(=O)CN(c1cccc(OC)c1)S(C)(=O)=O. The number of hydrogen-bond donors (Lipinski definition) is 1. The molecule has 1 N–H and O–H groups in total. The summed E-state index contributed by atoms with van der Waals surface area (Å²) in [5.74, 6) is -0.311. The molecule has 0 saturated carbocycles. The molecular weight excluding hydrogens is 526 g/mol. The number of amides is 2. The van der Waals surface area contributed by atoms with Gasteiger partial charge in [0.2, 0.25) is 21.8 Å². The van der Waals surface area contributed by atoms with Crippen LogP contribution < -0.4 is 14.4 Å². The zero-order valence-electron chi connectivity index (χ0n) is 23.8. The van der Waals surface area contributed by atoms with Crippen LogP contribution in [0.5, 0.6) is 5.75 Å². The summed E-state index contributed by atoms with van der Waals surface area (Å²) in [7, 11) is -2.36. The molecule has 9 heteroatoms. The predicted molar refractivity (Wildman–Crippen MR) is 159 cm³/mol. The maximum absolute atomic E-state index is 14.1. The van der Waals surface area contributed by atoms with E-state index in [4.69, 9.17) is 4.74 Å². The Labute approximate surface area is 238 Å². The van der Waals surface area contributed by atoms with E-state index in [1.54, 1.807) is 24.3 Å². The molecule has 0 heterocycles. The van der Waals surface area contributed by atoms with Crippen LogP contribution in [0.3, 0.4) is 0 Å². The summed E-state index contributed by atoms with van der Waals surface area (Å²) in [6.07, 6.45) is 2.06. The van der Waals surface area contributed by atoms with Gasteiger partial charge in [0, 0.05) is 25.1 Å². The number of hydrogen-bond acceptors (Lipinski definition) is 5. The zero-order valence-corrected chi connectivity index (χ0v) is 24.6. The largest absolute Gasteiger partial charge is 0.497 e. The Morgan fingerprint density at radius 1 is 0.975 bits per heavy atom. The van der Waals surface area contributed by atoms with Crippen LogP contribution >= 0.6 is 0 Å². The van der Waals surface area contributed by atoms with Gasteiger partial charge in [-0.2, -0.15) is 0 Å². The minimum Gasteiger partial charge on any atom is -0.497 e. The fraction of sp³-hybridized carbons (Fsp3) is 0.355. The van der Waals surface area contributed by atoms with E-state index >= 15 is 0 Å².